The van der Waals surface area contributed by atoms with Gasteiger partial charge >= 0.3 is 0 Å². The van der Waals surface area contributed by atoms with Crippen molar-refractivity contribution in [3.63, 3.8) is 0 Å². The van der Waals surface area contributed by atoms with Gasteiger partial charge in [-0.05, 0) is 63.6 Å². The predicted molar refractivity (Wildman–Crippen MR) is 101 cm³/mol. The van der Waals surface area contributed by atoms with Gasteiger partial charge in [0.25, 0.3) is 0 Å². The first-order valence-corrected chi connectivity index (χ1v) is 9.48. The van der Waals surface area contributed by atoms with E-state index in [1.165, 1.54) is 49.0 Å². The molecule has 1 aliphatic heterocycles. The zero-order valence-electron chi connectivity index (χ0n) is 15.4. The molecule has 1 saturated heterocycles. The molecule has 24 heavy (non-hydrogen) atoms. The number of likely N-dealkylation sites (tertiary alicyclic amines) is 1. The third kappa shape index (κ3) is 4.73. The molecule has 1 unspecified atom stereocenters. The molecule has 132 valence electrons. The summed E-state index contributed by atoms with van der Waals surface area (Å²) < 4.78 is 0. The van der Waals surface area contributed by atoms with Crippen LogP contribution >= 0.6 is 0 Å². The first kappa shape index (κ1) is 17.3. The van der Waals surface area contributed by atoms with Crippen LogP contribution in [0, 0.1) is 19.8 Å². The molecular weight excluding hydrogens is 296 g/mol. The molecule has 1 heterocycles. The van der Waals surface area contributed by atoms with E-state index in [2.05, 4.69) is 54.5 Å². The molecule has 0 aromatic heterocycles. The van der Waals surface area contributed by atoms with E-state index in [1.807, 2.05) is 0 Å². The smallest absolute Gasteiger partial charge is 0.191 e. The average molecular weight is 329 g/mol. The Bertz CT molecular complexity index is 577. The fourth-order valence-corrected chi connectivity index (χ4v) is 3.57. The normalized spacial score (nSPS) is 22.0. The second kappa shape index (κ2) is 8.02. The Balaban J connectivity index is 1.51. The first-order chi connectivity index (χ1) is 11.7. The molecule has 2 fully saturated rings. The Morgan fingerprint density at radius 3 is 2.75 bits per heavy atom. The van der Waals surface area contributed by atoms with Gasteiger partial charge in [-0.2, -0.15) is 0 Å². The van der Waals surface area contributed by atoms with Crippen molar-refractivity contribution in [3.8, 4) is 0 Å². The third-order valence-electron chi connectivity index (χ3n) is 5.19. The van der Waals surface area contributed by atoms with Gasteiger partial charge in [-0.25, -0.2) is 4.99 Å². The number of nitrogens with zero attached hydrogens (tertiary/aromatic N) is 2. The van der Waals surface area contributed by atoms with Gasteiger partial charge in [0.2, 0.25) is 0 Å². The Labute approximate surface area is 146 Å². The Morgan fingerprint density at radius 2 is 2.04 bits per heavy atom. The summed E-state index contributed by atoms with van der Waals surface area (Å²) in [5, 5.41) is 6.94. The number of hydrogen-bond donors (Lipinski definition) is 2. The van der Waals surface area contributed by atoms with E-state index in [0.717, 1.165) is 37.6 Å². The molecule has 0 amide bonds. The van der Waals surface area contributed by atoms with Crippen LogP contribution < -0.4 is 10.6 Å². The molecule has 1 atom stereocenters. The lowest BCUT2D eigenvalue weighted by molar-refractivity contribution is 0.314. The molecule has 2 N–H and O–H groups in total. The van der Waals surface area contributed by atoms with Gasteiger partial charge in [-0.3, -0.25) is 0 Å². The first-order valence-electron chi connectivity index (χ1n) is 9.48. The molecule has 3 rings (SSSR count). The maximum atomic E-state index is 4.78. The number of aryl methyl sites for hydroxylation is 2. The summed E-state index contributed by atoms with van der Waals surface area (Å²) in [7, 11) is 0. The summed E-state index contributed by atoms with van der Waals surface area (Å²) in [6.45, 7) is 11.6. The summed E-state index contributed by atoms with van der Waals surface area (Å²) >= 11 is 0. The van der Waals surface area contributed by atoms with Gasteiger partial charge in [-0.1, -0.05) is 23.8 Å². The summed E-state index contributed by atoms with van der Waals surface area (Å²) in [6.07, 6.45) is 4.15. The van der Waals surface area contributed by atoms with Gasteiger partial charge in [0.15, 0.2) is 5.96 Å². The van der Waals surface area contributed by atoms with Gasteiger partial charge in [-0.15, -0.1) is 0 Å². The van der Waals surface area contributed by atoms with E-state index < -0.39 is 0 Å². The summed E-state index contributed by atoms with van der Waals surface area (Å²) in [4.78, 5) is 7.46. The van der Waals surface area contributed by atoms with Gasteiger partial charge in [0, 0.05) is 25.7 Å². The van der Waals surface area contributed by atoms with Crippen LogP contribution in [0.4, 0.5) is 0 Å². The predicted octanol–water partition coefficient (Wildman–Crippen LogP) is 2.84. The van der Waals surface area contributed by atoms with Crippen LogP contribution in [0.1, 0.15) is 42.9 Å². The molecule has 1 aromatic rings. The lowest BCUT2D eigenvalue weighted by Crippen LogP contribution is -2.40. The third-order valence-corrected chi connectivity index (χ3v) is 5.19. The Morgan fingerprint density at radius 1 is 1.21 bits per heavy atom. The van der Waals surface area contributed by atoms with E-state index in [4.69, 9.17) is 4.99 Å². The molecule has 1 saturated carbocycles. The van der Waals surface area contributed by atoms with Crippen molar-refractivity contribution in [1.82, 2.24) is 15.5 Å². The van der Waals surface area contributed by atoms with E-state index in [0.29, 0.717) is 0 Å². The topological polar surface area (TPSA) is 39.7 Å². The zero-order valence-corrected chi connectivity index (χ0v) is 15.4. The van der Waals surface area contributed by atoms with Crippen LogP contribution in [0.3, 0.4) is 0 Å². The van der Waals surface area contributed by atoms with Crippen molar-refractivity contribution in [2.45, 2.75) is 52.6 Å². The van der Waals surface area contributed by atoms with Crippen molar-refractivity contribution in [1.29, 1.82) is 0 Å². The maximum absolute atomic E-state index is 4.78. The van der Waals surface area contributed by atoms with Crippen molar-refractivity contribution in [2.75, 3.05) is 26.2 Å². The van der Waals surface area contributed by atoms with Crippen molar-refractivity contribution < 1.29 is 0 Å². The summed E-state index contributed by atoms with van der Waals surface area (Å²) in [6, 6.07) is 7.50. The molecule has 0 radical (unpaired) electrons. The van der Waals surface area contributed by atoms with Crippen LogP contribution in [0.25, 0.3) is 0 Å². The Kier molecular flexibility index (Phi) is 5.77. The number of hydrogen-bond acceptors (Lipinski definition) is 2. The highest BCUT2D eigenvalue weighted by atomic mass is 15.2. The van der Waals surface area contributed by atoms with Crippen LogP contribution in [0.2, 0.25) is 0 Å². The fraction of sp³-hybridized carbons (Fsp3) is 0.650. The molecule has 0 spiro atoms. The van der Waals surface area contributed by atoms with E-state index in [-0.39, 0.29) is 0 Å². The number of nitrogens with one attached hydrogen (secondary N) is 2. The monoisotopic (exact) mass is 328 g/mol. The van der Waals surface area contributed by atoms with Crippen molar-refractivity contribution >= 4 is 5.96 Å². The lowest BCUT2D eigenvalue weighted by Gasteiger charge is -2.17. The molecule has 4 nitrogen and oxygen atoms in total. The SMILES string of the molecule is CCNC(=NCc1ccc(C)cc1C)NCC1CCN(C2CC2)C1. The Hall–Kier alpha value is -1.55. The number of guanidine groups is 1. The molecule has 1 aliphatic carbocycles. The molecule has 4 heteroatoms. The molecule has 2 aliphatic rings. The van der Waals surface area contributed by atoms with Gasteiger partial charge in [0.1, 0.15) is 0 Å². The highest BCUT2D eigenvalue weighted by molar-refractivity contribution is 5.79. The van der Waals surface area contributed by atoms with Gasteiger partial charge < -0.3 is 15.5 Å². The molecule has 1 aromatic carbocycles. The van der Waals surface area contributed by atoms with E-state index in [9.17, 15) is 0 Å². The van der Waals surface area contributed by atoms with Gasteiger partial charge in [0.05, 0.1) is 6.54 Å². The number of rotatable bonds is 6. The van der Waals surface area contributed by atoms with Crippen LogP contribution in [-0.4, -0.2) is 43.1 Å². The fourth-order valence-electron chi connectivity index (χ4n) is 3.57. The van der Waals surface area contributed by atoms with E-state index >= 15 is 0 Å². The van der Waals surface area contributed by atoms with Crippen LogP contribution in [0.5, 0.6) is 0 Å². The highest BCUT2D eigenvalue weighted by Gasteiger charge is 2.34. The van der Waals surface area contributed by atoms with Crippen LogP contribution in [0.15, 0.2) is 23.2 Å². The minimum atomic E-state index is 0.736. The minimum Gasteiger partial charge on any atom is -0.357 e. The standard InChI is InChI=1S/C20H32N4/c1-4-21-20(23-13-18-6-5-15(2)11-16(18)3)22-12-17-9-10-24(14-17)19-7-8-19/h5-6,11,17,19H,4,7-10,12-14H2,1-3H3,(H2,21,22,23). The number of aliphatic imine (C=N–C) groups is 1. The zero-order chi connectivity index (χ0) is 16.9. The maximum Gasteiger partial charge on any atom is 0.191 e. The minimum absolute atomic E-state index is 0.736. The second-order valence-corrected chi connectivity index (χ2v) is 7.39. The highest BCUT2D eigenvalue weighted by Crippen LogP contribution is 2.31. The number of benzene rings is 1. The largest absolute Gasteiger partial charge is 0.357 e. The summed E-state index contributed by atoms with van der Waals surface area (Å²) in [5.41, 5.74) is 3.94. The van der Waals surface area contributed by atoms with Crippen molar-refractivity contribution in [3.05, 3.63) is 34.9 Å². The van der Waals surface area contributed by atoms with Crippen molar-refractivity contribution in [2.24, 2.45) is 10.9 Å². The molecular formula is C20H32N4. The lowest BCUT2D eigenvalue weighted by atomic mass is 10.1. The quantitative estimate of drug-likeness (QED) is 0.623. The molecule has 0 bridgehead atoms. The summed E-state index contributed by atoms with van der Waals surface area (Å²) in [5.74, 6) is 1.71. The van der Waals surface area contributed by atoms with Crippen LogP contribution in [-0.2, 0) is 6.54 Å². The van der Waals surface area contributed by atoms with E-state index in [1.54, 1.807) is 0 Å². The average Bonchev–Trinajstić information content (AvgIpc) is 3.30. The second-order valence-electron chi connectivity index (χ2n) is 7.39.